The summed E-state index contributed by atoms with van der Waals surface area (Å²) in [5.41, 5.74) is 1.09. The molecule has 1 amide bonds. The summed E-state index contributed by atoms with van der Waals surface area (Å²) in [6, 6.07) is 7.50. The predicted molar refractivity (Wildman–Crippen MR) is 102 cm³/mol. The second-order valence-corrected chi connectivity index (χ2v) is 7.63. The predicted octanol–water partition coefficient (Wildman–Crippen LogP) is 3.05. The van der Waals surface area contributed by atoms with Gasteiger partial charge in [0.15, 0.2) is 0 Å². The van der Waals surface area contributed by atoms with Crippen LogP contribution < -0.4 is 15.0 Å². The number of hydrogen-bond acceptors (Lipinski definition) is 4. The average Bonchev–Trinajstić information content (AvgIpc) is 2.68. The van der Waals surface area contributed by atoms with Crippen molar-refractivity contribution in [3.8, 4) is 5.75 Å². The average molecular weight is 399 g/mol. The van der Waals surface area contributed by atoms with Gasteiger partial charge in [0.2, 0.25) is 5.91 Å². The first kappa shape index (κ1) is 20.8. The van der Waals surface area contributed by atoms with E-state index in [0.29, 0.717) is 12.8 Å². The van der Waals surface area contributed by atoms with Crippen LogP contribution in [0.3, 0.4) is 0 Å². The normalized spacial score (nSPS) is 24.1. The van der Waals surface area contributed by atoms with E-state index < -0.39 is 12.1 Å². The maximum atomic E-state index is 12.9. The summed E-state index contributed by atoms with van der Waals surface area (Å²) in [7, 11) is 1.64. The molecule has 1 aromatic carbocycles. The van der Waals surface area contributed by atoms with Crippen molar-refractivity contribution in [3.05, 3.63) is 24.3 Å². The number of carbonyl (C=O) groups is 1. The highest BCUT2D eigenvalue weighted by molar-refractivity contribution is 5.78. The van der Waals surface area contributed by atoms with Crippen LogP contribution in [-0.4, -0.2) is 62.9 Å². The molecule has 0 bridgehead atoms. The summed E-state index contributed by atoms with van der Waals surface area (Å²) < 4.78 is 44.0. The van der Waals surface area contributed by atoms with Gasteiger partial charge in [-0.2, -0.15) is 13.2 Å². The minimum Gasteiger partial charge on any atom is -0.497 e. The fourth-order valence-electron chi connectivity index (χ4n) is 4.07. The van der Waals surface area contributed by atoms with Crippen LogP contribution in [0.4, 0.5) is 18.9 Å². The first-order chi connectivity index (χ1) is 13.3. The van der Waals surface area contributed by atoms with Gasteiger partial charge in [-0.1, -0.05) is 12.5 Å². The van der Waals surface area contributed by atoms with E-state index in [9.17, 15) is 18.0 Å². The third kappa shape index (κ3) is 5.53. The maximum absolute atomic E-state index is 12.9. The number of anilines is 1. The van der Waals surface area contributed by atoms with Crippen molar-refractivity contribution < 1.29 is 22.7 Å². The molecule has 0 radical (unpaired) electrons. The zero-order valence-electron chi connectivity index (χ0n) is 16.2. The van der Waals surface area contributed by atoms with Crippen molar-refractivity contribution in [2.24, 2.45) is 5.92 Å². The Labute approximate surface area is 163 Å². The fraction of sp³-hybridized carbons (Fsp3) is 0.650. The second kappa shape index (κ2) is 9.03. The summed E-state index contributed by atoms with van der Waals surface area (Å²) in [5.74, 6) is -0.662. The molecule has 1 aromatic rings. The van der Waals surface area contributed by atoms with E-state index in [1.54, 1.807) is 7.11 Å². The number of nitrogens with one attached hydrogen (secondary N) is 1. The van der Waals surface area contributed by atoms with Crippen LogP contribution in [0.25, 0.3) is 0 Å². The highest BCUT2D eigenvalue weighted by atomic mass is 19.4. The van der Waals surface area contributed by atoms with Gasteiger partial charge in [0.1, 0.15) is 5.75 Å². The van der Waals surface area contributed by atoms with Crippen LogP contribution in [0.15, 0.2) is 24.3 Å². The molecule has 5 nitrogen and oxygen atoms in total. The van der Waals surface area contributed by atoms with Gasteiger partial charge < -0.3 is 15.0 Å². The Morgan fingerprint density at radius 1 is 1.21 bits per heavy atom. The van der Waals surface area contributed by atoms with Gasteiger partial charge in [0.25, 0.3) is 0 Å². The molecule has 0 spiro atoms. The maximum Gasteiger partial charge on any atom is 0.391 e. The molecule has 2 aliphatic rings. The number of rotatable bonds is 5. The second-order valence-electron chi connectivity index (χ2n) is 7.63. The molecule has 0 unspecified atom stereocenters. The third-order valence-electron chi connectivity index (χ3n) is 5.66. The lowest BCUT2D eigenvalue weighted by Gasteiger charge is -2.36. The molecule has 1 N–H and O–H groups in total. The molecule has 8 heteroatoms. The van der Waals surface area contributed by atoms with Crippen LogP contribution in [0.1, 0.15) is 25.7 Å². The van der Waals surface area contributed by atoms with Gasteiger partial charge in [-0.25, -0.2) is 0 Å². The number of ether oxygens (including phenoxy) is 1. The SMILES string of the molecule is COc1cccc(N2CCN(CC(=O)N[C@H]3CCC[C@@H](C(F)(F)F)C3)CC2)c1. The van der Waals surface area contributed by atoms with Gasteiger partial charge in [0, 0.05) is 44.0 Å². The smallest absolute Gasteiger partial charge is 0.391 e. The molecule has 1 aliphatic carbocycles. The molecule has 1 aliphatic heterocycles. The topological polar surface area (TPSA) is 44.8 Å². The van der Waals surface area contributed by atoms with E-state index in [4.69, 9.17) is 4.74 Å². The van der Waals surface area contributed by atoms with E-state index in [1.165, 1.54) is 0 Å². The van der Waals surface area contributed by atoms with Crippen LogP contribution in [0.5, 0.6) is 5.75 Å². The summed E-state index contributed by atoms with van der Waals surface area (Å²) >= 11 is 0. The molecule has 1 saturated carbocycles. The Balaban J connectivity index is 1.43. The zero-order valence-corrected chi connectivity index (χ0v) is 16.2. The van der Waals surface area contributed by atoms with Gasteiger partial charge in [-0.15, -0.1) is 0 Å². The minimum absolute atomic E-state index is 0.00113. The Hall–Kier alpha value is -1.96. The summed E-state index contributed by atoms with van der Waals surface area (Å²) in [5, 5.41) is 2.82. The number of alkyl halides is 3. The van der Waals surface area contributed by atoms with Gasteiger partial charge in [-0.05, 0) is 31.4 Å². The van der Waals surface area contributed by atoms with Crippen molar-refractivity contribution in [3.63, 3.8) is 0 Å². The molecule has 2 fully saturated rings. The molecule has 1 heterocycles. The van der Waals surface area contributed by atoms with Crippen molar-refractivity contribution in [1.29, 1.82) is 0 Å². The quantitative estimate of drug-likeness (QED) is 0.827. The van der Waals surface area contributed by atoms with E-state index in [2.05, 4.69) is 15.1 Å². The molecular formula is C20H28F3N3O2. The van der Waals surface area contributed by atoms with Gasteiger partial charge >= 0.3 is 6.18 Å². The van der Waals surface area contributed by atoms with Crippen LogP contribution >= 0.6 is 0 Å². The standard InChI is InChI=1S/C20H28F3N3O2/c1-28-18-7-3-6-17(13-18)26-10-8-25(9-11-26)14-19(27)24-16-5-2-4-15(12-16)20(21,22)23/h3,6-7,13,15-16H,2,4-5,8-12,14H2,1H3,(H,24,27)/t15-,16+/m1/s1. The first-order valence-electron chi connectivity index (χ1n) is 9.82. The van der Waals surface area contributed by atoms with Crippen molar-refractivity contribution in [1.82, 2.24) is 10.2 Å². The van der Waals surface area contributed by atoms with Crippen LogP contribution in [0, 0.1) is 5.92 Å². The lowest BCUT2D eigenvalue weighted by atomic mass is 9.85. The van der Waals surface area contributed by atoms with Gasteiger partial charge in [-0.3, -0.25) is 9.69 Å². The molecule has 3 rings (SSSR count). The molecule has 28 heavy (non-hydrogen) atoms. The Morgan fingerprint density at radius 3 is 2.64 bits per heavy atom. The largest absolute Gasteiger partial charge is 0.497 e. The van der Waals surface area contributed by atoms with E-state index >= 15 is 0 Å². The van der Waals surface area contributed by atoms with E-state index in [0.717, 1.165) is 37.6 Å². The number of nitrogens with zero attached hydrogens (tertiary/aromatic N) is 2. The van der Waals surface area contributed by atoms with Crippen molar-refractivity contribution >= 4 is 11.6 Å². The number of hydrogen-bond donors (Lipinski definition) is 1. The fourth-order valence-corrected chi connectivity index (χ4v) is 4.07. The van der Waals surface area contributed by atoms with Crippen LogP contribution in [0.2, 0.25) is 0 Å². The number of benzene rings is 1. The lowest BCUT2D eigenvalue weighted by Crippen LogP contribution is -2.51. The highest BCUT2D eigenvalue weighted by Gasteiger charge is 2.42. The molecule has 2 atom stereocenters. The minimum atomic E-state index is -4.17. The number of halogens is 3. The Kier molecular flexibility index (Phi) is 6.69. The molecular weight excluding hydrogens is 371 g/mol. The van der Waals surface area contributed by atoms with E-state index in [1.807, 2.05) is 24.3 Å². The number of carbonyl (C=O) groups excluding carboxylic acids is 1. The number of amides is 1. The molecule has 156 valence electrons. The van der Waals surface area contributed by atoms with Crippen molar-refractivity contribution in [2.45, 2.75) is 37.9 Å². The third-order valence-corrected chi connectivity index (χ3v) is 5.66. The Bertz CT molecular complexity index is 660. The first-order valence-corrected chi connectivity index (χ1v) is 9.82. The monoisotopic (exact) mass is 399 g/mol. The number of methoxy groups -OCH3 is 1. The molecule has 0 aromatic heterocycles. The highest BCUT2D eigenvalue weighted by Crippen LogP contribution is 2.37. The summed E-state index contributed by atoms with van der Waals surface area (Å²) in [6.45, 7) is 3.29. The zero-order chi connectivity index (χ0) is 20.1. The van der Waals surface area contributed by atoms with Gasteiger partial charge in [0.05, 0.1) is 19.6 Å². The number of piperazine rings is 1. The summed E-state index contributed by atoms with van der Waals surface area (Å²) in [6.07, 6.45) is -2.86. The summed E-state index contributed by atoms with van der Waals surface area (Å²) in [4.78, 5) is 16.6. The van der Waals surface area contributed by atoms with Crippen molar-refractivity contribution in [2.75, 3.05) is 44.7 Å². The lowest BCUT2D eigenvalue weighted by molar-refractivity contribution is -0.184. The van der Waals surface area contributed by atoms with E-state index in [-0.39, 0.29) is 31.3 Å². The van der Waals surface area contributed by atoms with Crippen LogP contribution in [-0.2, 0) is 4.79 Å². The Morgan fingerprint density at radius 2 is 1.96 bits per heavy atom. The molecule has 1 saturated heterocycles.